The topological polar surface area (TPSA) is 109 Å². The number of sulfonamides is 1. The largest absolute Gasteiger partial charge is 0.459 e. The van der Waals surface area contributed by atoms with E-state index in [-0.39, 0.29) is 15.9 Å². The van der Waals surface area contributed by atoms with Gasteiger partial charge in [-0.2, -0.15) is 16.1 Å². The SMILES string of the molecule is Cc1sc(S(=O)(=O)N2CCSCC2)cc1NC(=O)C(NC(=O)c1ccco1)C(C)C. The van der Waals surface area contributed by atoms with Crippen molar-refractivity contribution in [1.29, 1.82) is 0 Å². The minimum Gasteiger partial charge on any atom is -0.459 e. The van der Waals surface area contributed by atoms with E-state index in [1.807, 2.05) is 13.8 Å². The van der Waals surface area contributed by atoms with Crippen LogP contribution in [-0.2, 0) is 14.8 Å². The van der Waals surface area contributed by atoms with Gasteiger partial charge in [0.2, 0.25) is 5.91 Å². The molecule has 11 heteroatoms. The summed E-state index contributed by atoms with van der Waals surface area (Å²) in [5.74, 6) is 0.591. The van der Waals surface area contributed by atoms with Crippen LogP contribution in [0.2, 0.25) is 0 Å². The van der Waals surface area contributed by atoms with Crippen LogP contribution in [0.3, 0.4) is 0 Å². The maximum atomic E-state index is 12.9. The predicted molar refractivity (Wildman–Crippen MR) is 119 cm³/mol. The van der Waals surface area contributed by atoms with E-state index in [0.29, 0.717) is 23.7 Å². The number of hydrogen-bond acceptors (Lipinski definition) is 7. The Hall–Kier alpha value is -1.82. The highest BCUT2D eigenvalue weighted by Gasteiger charge is 2.30. The van der Waals surface area contributed by atoms with E-state index >= 15 is 0 Å². The summed E-state index contributed by atoms with van der Waals surface area (Å²) in [7, 11) is -3.58. The lowest BCUT2D eigenvalue weighted by Gasteiger charge is -2.24. The standard InChI is InChI=1S/C19H25N3O5S3/c1-12(2)17(21-18(23)15-5-4-8-27-15)19(24)20-14-11-16(29-13(14)3)30(25,26)22-6-9-28-10-7-22/h4-5,8,11-12,17H,6-7,9-10H2,1-3H3,(H,20,24)(H,21,23). The molecule has 3 rings (SSSR count). The molecular formula is C19H25N3O5S3. The maximum Gasteiger partial charge on any atom is 0.287 e. The second-order valence-electron chi connectivity index (χ2n) is 7.21. The minimum absolute atomic E-state index is 0.119. The zero-order valence-electron chi connectivity index (χ0n) is 17.0. The number of thioether (sulfide) groups is 1. The van der Waals surface area contributed by atoms with Crippen LogP contribution in [0.25, 0.3) is 0 Å². The number of rotatable bonds is 7. The van der Waals surface area contributed by atoms with E-state index in [1.54, 1.807) is 24.8 Å². The summed E-state index contributed by atoms with van der Waals surface area (Å²) in [6, 6.07) is 3.81. The van der Waals surface area contributed by atoms with Gasteiger partial charge in [0.05, 0.1) is 12.0 Å². The molecule has 1 aliphatic rings. The molecule has 0 spiro atoms. The summed E-state index contributed by atoms with van der Waals surface area (Å²) in [6.45, 7) is 6.37. The highest BCUT2D eigenvalue weighted by molar-refractivity contribution is 7.99. The molecule has 1 unspecified atom stereocenters. The highest BCUT2D eigenvalue weighted by Crippen LogP contribution is 2.32. The molecule has 8 nitrogen and oxygen atoms in total. The fourth-order valence-electron chi connectivity index (χ4n) is 2.99. The van der Waals surface area contributed by atoms with Gasteiger partial charge in [-0.15, -0.1) is 11.3 Å². The molecule has 0 bridgehead atoms. The van der Waals surface area contributed by atoms with E-state index in [2.05, 4.69) is 10.6 Å². The minimum atomic E-state index is -3.58. The first-order valence-electron chi connectivity index (χ1n) is 9.53. The van der Waals surface area contributed by atoms with E-state index in [4.69, 9.17) is 4.42 Å². The maximum absolute atomic E-state index is 12.9. The van der Waals surface area contributed by atoms with E-state index in [0.717, 1.165) is 22.8 Å². The van der Waals surface area contributed by atoms with Crippen LogP contribution < -0.4 is 10.6 Å². The van der Waals surface area contributed by atoms with Crippen LogP contribution in [-0.4, -0.2) is 55.2 Å². The Bertz CT molecular complexity index is 993. The molecule has 1 atom stereocenters. The van der Waals surface area contributed by atoms with Crippen LogP contribution in [0.4, 0.5) is 5.69 Å². The average molecular weight is 472 g/mol. The first-order chi connectivity index (χ1) is 14.2. The van der Waals surface area contributed by atoms with Crippen molar-refractivity contribution in [3.05, 3.63) is 35.1 Å². The molecule has 30 heavy (non-hydrogen) atoms. The fourth-order valence-corrected chi connectivity index (χ4v) is 7.12. The number of aryl methyl sites for hydroxylation is 1. The number of carbonyl (C=O) groups is 2. The molecule has 0 aliphatic carbocycles. The van der Waals surface area contributed by atoms with Crippen molar-refractivity contribution >= 4 is 50.6 Å². The van der Waals surface area contributed by atoms with Crippen molar-refractivity contribution in [2.45, 2.75) is 31.0 Å². The van der Waals surface area contributed by atoms with Gasteiger partial charge in [-0.25, -0.2) is 8.42 Å². The lowest BCUT2D eigenvalue weighted by Crippen LogP contribution is -2.47. The van der Waals surface area contributed by atoms with Crippen molar-refractivity contribution in [3.8, 4) is 0 Å². The lowest BCUT2D eigenvalue weighted by molar-refractivity contribution is -0.118. The smallest absolute Gasteiger partial charge is 0.287 e. The zero-order chi connectivity index (χ0) is 21.9. The molecule has 1 fully saturated rings. The number of furan rings is 1. The predicted octanol–water partition coefficient (Wildman–Crippen LogP) is 2.78. The molecule has 0 saturated carbocycles. The Balaban J connectivity index is 1.74. The van der Waals surface area contributed by atoms with Gasteiger partial charge in [0.25, 0.3) is 15.9 Å². The Morgan fingerprint density at radius 2 is 1.93 bits per heavy atom. The van der Waals surface area contributed by atoms with E-state index in [9.17, 15) is 18.0 Å². The monoisotopic (exact) mass is 471 g/mol. The molecule has 0 radical (unpaired) electrons. The molecule has 164 valence electrons. The van der Waals surface area contributed by atoms with Gasteiger partial charge in [-0.3, -0.25) is 9.59 Å². The van der Waals surface area contributed by atoms with Crippen LogP contribution in [0.15, 0.2) is 33.1 Å². The third-order valence-electron chi connectivity index (χ3n) is 4.70. The van der Waals surface area contributed by atoms with Gasteiger partial charge in [0.1, 0.15) is 10.3 Å². The van der Waals surface area contributed by atoms with E-state index in [1.165, 1.54) is 22.7 Å². The Morgan fingerprint density at radius 1 is 1.23 bits per heavy atom. The Morgan fingerprint density at radius 3 is 2.53 bits per heavy atom. The first kappa shape index (κ1) is 22.9. The fraction of sp³-hybridized carbons (Fsp3) is 0.474. The second kappa shape index (κ2) is 9.54. The van der Waals surface area contributed by atoms with Crippen molar-refractivity contribution < 1.29 is 22.4 Å². The number of nitrogens with zero attached hydrogens (tertiary/aromatic N) is 1. The molecular weight excluding hydrogens is 446 g/mol. The van der Waals surface area contributed by atoms with Gasteiger partial charge in [-0.1, -0.05) is 13.8 Å². The third-order valence-corrected chi connectivity index (χ3v) is 9.04. The lowest BCUT2D eigenvalue weighted by atomic mass is 10.0. The second-order valence-corrected chi connectivity index (χ2v) is 11.9. The normalized spacial score (nSPS) is 16.4. The molecule has 1 aliphatic heterocycles. The molecule has 2 aromatic heterocycles. The third kappa shape index (κ3) is 5.08. The summed E-state index contributed by atoms with van der Waals surface area (Å²) in [5.41, 5.74) is 0.438. The number of nitrogens with one attached hydrogen (secondary N) is 2. The van der Waals surface area contributed by atoms with Gasteiger partial charge >= 0.3 is 0 Å². The number of thiophene rings is 1. The van der Waals surface area contributed by atoms with E-state index < -0.39 is 27.9 Å². The quantitative estimate of drug-likeness (QED) is 0.643. The molecule has 2 aromatic rings. The molecule has 1 saturated heterocycles. The van der Waals surface area contributed by atoms with Crippen LogP contribution in [0.1, 0.15) is 29.3 Å². The molecule has 3 heterocycles. The Kier molecular flexibility index (Phi) is 7.27. The van der Waals surface area contributed by atoms with Gasteiger partial charge < -0.3 is 15.1 Å². The van der Waals surface area contributed by atoms with Crippen molar-refractivity contribution in [2.75, 3.05) is 29.9 Å². The molecule has 0 aromatic carbocycles. The van der Waals surface area contributed by atoms with Crippen molar-refractivity contribution in [2.24, 2.45) is 5.92 Å². The van der Waals surface area contributed by atoms with Crippen molar-refractivity contribution in [1.82, 2.24) is 9.62 Å². The van der Waals surface area contributed by atoms with Gasteiger partial charge in [0, 0.05) is 29.5 Å². The number of carbonyl (C=O) groups excluding carboxylic acids is 2. The average Bonchev–Trinajstić information content (AvgIpc) is 3.37. The first-order valence-corrected chi connectivity index (χ1v) is 12.9. The zero-order valence-corrected chi connectivity index (χ0v) is 19.5. The highest BCUT2D eigenvalue weighted by atomic mass is 32.2. The summed E-state index contributed by atoms with van der Waals surface area (Å²) in [5, 5.41) is 5.45. The van der Waals surface area contributed by atoms with Crippen LogP contribution in [0.5, 0.6) is 0 Å². The van der Waals surface area contributed by atoms with Crippen LogP contribution >= 0.6 is 23.1 Å². The van der Waals surface area contributed by atoms with Crippen molar-refractivity contribution in [3.63, 3.8) is 0 Å². The number of amides is 2. The number of anilines is 1. The number of hydrogen-bond donors (Lipinski definition) is 2. The van der Waals surface area contributed by atoms with Crippen LogP contribution in [0, 0.1) is 12.8 Å². The summed E-state index contributed by atoms with van der Waals surface area (Å²) >= 11 is 2.87. The summed E-state index contributed by atoms with van der Waals surface area (Å²) < 4.78 is 32.6. The summed E-state index contributed by atoms with van der Waals surface area (Å²) in [4.78, 5) is 25.8. The van der Waals surface area contributed by atoms with Gasteiger partial charge in [0.15, 0.2) is 5.76 Å². The molecule has 2 amide bonds. The summed E-state index contributed by atoms with van der Waals surface area (Å²) in [6.07, 6.45) is 1.39. The Labute approximate surface area is 184 Å². The molecule has 2 N–H and O–H groups in total. The van der Waals surface area contributed by atoms with Gasteiger partial charge in [-0.05, 0) is 31.0 Å².